The predicted molar refractivity (Wildman–Crippen MR) is 108 cm³/mol. The van der Waals surface area contributed by atoms with Gasteiger partial charge in [-0.2, -0.15) is 4.31 Å². The minimum Gasteiger partial charge on any atom is -0.494 e. The molecule has 1 amide bonds. The van der Waals surface area contributed by atoms with E-state index < -0.39 is 10.0 Å². The van der Waals surface area contributed by atoms with E-state index in [0.29, 0.717) is 44.1 Å². The van der Waals surface area contributed by atoms with Crippen LogP contribution in [0.25, 0.3) is 0 Å². The maximum atomic E-state index is 12.8. The Morgan fingerprint density at radius 3 is 2.14 bits per heavy atom. The van der Waals surface area contributed by atoms with Crippen molar-refractivity contribution in [3.63, 3.8) is 0 Å². The monoisotopic (exact) mass is 402 g/mol. The number of aryl methyl sites for hydroxylation is 1. The summed E-state index contributed by atoms with van der Waals surface area (Å²) in [5, 5.41) is 0. The van der Waals surface area contributed by atoms with Crippen LogP contribution in [0, 0.1) is 6.92 Å². The Morgan fingerprint density at radius 2 is 1.57 bits per heavy atom. The van der Waals surface area contributed by atoms with Crippen LogP contribution in [0.1, 0.15) is 18.1 Å². The number of amides is 1. The van der Waals surface area contributed by atoms with E-state index >= 15 is 0 Å². The lowest BCUT2D eigenvalue weighted by molar-refractivity contribution is -0.131. The Hall–Kier alpha value is -2.38. The van der Waals surface area contributed by atoms with Gasteiger partial charge in [-0.3, -0.25) is 4.79 Å². The molecule has 3 rings (SSSR count). The number of rotatable bonds is 6. The number of ether oxygens (including phenoxy) is 1. The van der Waals surface area contributed by atoms with Crippen LogP contribution in [-0.2, 0) is 21.2 Å². The van der Waals surface area contributed by atoms with Crippen molar-refractivity contribution in [3.05, 3.63) is 59.7 Å². The van der Waals surface area contributed by atoms with Crippen LogP contribution in [0.5, 0.6) is 5.75 Å². The van der Waals surface area contributed by atoms with Crippen LogP contribution in [0.15, 0.2) is 53.4 Å². The molecule has 0 spiro atoms. The quantitative estimate of drug-likeness (QED) is 0.745. The summed E-state index contributed by atoms with van der Waals surface area (Å²) in [6.07, 6.45) is 0.303. The third-order valence-electron chi connectivity index (χ3n) is 4.84. The molecule has 0 aromatic heterocycles. The fourth-order valence-corrected chi connectivity index (χ4v) is 4.62. The summed E-state index contributed by atoms with van der Waals surface area (Å²) in [6.45, 7) is 5.88. The Kier molecular flexibility index (Phi) is 6.36. The van der Waals surface area contributed by atoms with Crippen molar-refractivity contribution in [2.75, 3.05) is 32.8 Å². The molecule has 0 unspecified atom stereocenters. The molecular weight excluding hydrogens is 376 g/mol. The van der Waals surface area contributed by atoms with Gasteiger partial charge >= 0.3 is 0 Å². The molecule has 0 radical (unpaired) electrons. The Morgan fingerprint density at radius 1 is 0.964 bits per heavy atom. The molecule has 150 valence electrons. The van der Waals surface area contributed by atoms with Gasteiger partial charge in [0.15, 0.2) is 0 Å². The fraction of sp³-hybridized carbons (Fsp3) is 0.381. The first-order chi connectivity index (χ1) is 13.4. The summed E-state index contributed by atoms with van der Waals surface area (Å²) in [5.74, 6) is 0.796. The van der Waals surface area contributed by atoms with Gasteiger partial charge in [0.2, 0.25) is 15.9 Å². The summed E-state index contributed by atoms with van der Waals surface area (Å²) in [6, 6.07) is 14.4. The van der Waals surface area contributed by atoms with Crippen molar-refractivity contribution in [1.29, 1.82) is 0 Å². The zero-order valence-electron chi connectivity index (χ0n) is 16.3. The van der Waals surface area contributed by atoms with Gasteiger partial charge in [0, 0.05) is 26.2 Å². The highest BCUT2D eigenvalue weighted by atomic mass is 32.2. The van der Waals surface area contributed by atoms with Gasteiger partial charge in [-0.25, -0.2) is 8.42 Å². The molecule has 2 aromatic rings. The minimum atomic E-state index is -3.52. The maximum Gasteiger partial charge on any atom is 0.243 e. The van der Waals surface area contributed by atoms with Gasteiger partial charge in [0.25, 0.3) is 0 Å². The van der Waals surface area contributed by atoms with Gasteiger partial charge < -0.3 is 9.64 Å². The van der Waals surface area contributed by atoms with Crippen molar-refractivity contribution in [1.82, 2.24) is 9.21 Å². The van der Waals surface area contributed by atoms with Crippen molar-refractivity contribution >= 4 is 15.9 Å². The molecular formula is C21H26N2O4S. The SMILES string of the molecule is CCOc1ccc(CC(=O)N2CCN(S(=O)(=O)c3ccc(C)cc3)CC2)cc1. The molecule has 1 aliphatic rings. The molecule has 0 aliphatic carbocycles. The first-order valence-corrected chi connectivity index (χ1v) is 10.9. The van der Waals surface area contributed by atoms with E-state index in [9.17, 15) is 13.2 Å². The minimum absolute atomic E-state index is 0.0107. The number of sulfonamides is 1. The highest BCUT2D eigenvalue weighted by Gasteiger charge is 2.29. The topological polar surface area (TPSA) is 66.9 Å². The molecule has 2 aromatic carbocycles. The predicted octanol–water partition coefficient (Wildman–Crippen LogP) is 2.47. The van der Waals surface area contributed by atoms with Gasteiger partial charge in [-0.1, -0.05) is 29.8 Å². The summed E-state index contributed by atoms with van der Waals surface area (Å²) < 4.78 is 32.4. The Labute approximate surface area is 166 Å². The fourth-order valence-electron chi connectivity index (χ4n) is 3.19. The molecule has 7 heteroatoms. The van der Waals surface area contributed by atoms with Crippen LogP contribution < -0.4 is 4.74 Å². The maximum absolute atomic E-state index is 12.8. The third-order valence-corrected chi connectivity index (χ3v) is 6.75. The first-order valence-electron chi connectivity index (χ1n) is 9.46. The molecule has 1 aliphatic heterocycles. The number of piperazine rings is 1. The van der Waals surface area contributed by atoms with Crippen molar-refractivity contribution < 1.29 is 17.9 Å². The highest BCUT2D eigenvalue weighted by Crippen LogP contribution is 2.19. The molecule has 1 saturated heterocycles. The summed E-state index contributed by atoms with van der Waals surface area (Å²) in [4.78, 5) is 14.6. The van der Waals surface area contributed by atoms with E-state index in [1.165, 1.54) is 4.31 Å². The standard InChI is InChI=1S/C21H26N2O4S/c1-3-27-19-8-6-18(7-9-19)16-21(24)22-12-14-23(15-13-22)28(25,26)20-10-4-17(2)5-11-20/h4-11H,3,12-16H2,1-2H3. The molecule has 6 nitrogen and oxygen atoms in total. The first kappa shape index (κ1) is 20.4. The van der Waals surface area contributed by atoms with E-state index in [2.05, 4.69) is 0 Å². The second-order valence-electron chi connectivity index (χ2n) is 6.85. The van der Waals surface area contributed by atoms with E-state index in [0.717, 1.165) is 16.9 Å². The van der Waals surface area contributed by atoms with Crippen LogP contribution in [0.3, 0.4) is 0 Å². The second kappa shape index (κ2) is 8.75. The Balaban J connectivity index is 1.57. The summed E-state index contributed by atoms with van der Waals surface area (Å²) in [5.41, 5.74) is 1.94. The third kappa shape index (κ3) is 4.72. The zero-order valence-corrected chi connectivity index (χ0v) is 17.1. The number of hydrogen-bond donors (Lipinski definition) is 0. The number of benzene rings is 2. The number of hydrogen-bond acceptors (Lipinski definition) is 4. The van der Waals surface area contributed by atoms with Crippen LogP contribution >= 0.6 is 0 Å². The van der Waals surface area contributed by atoms with Gasteiger partial charge in [0.1, 0.15) is 5.75 Å². The van der Waals surface area contributed by atoms with E-state index in [-0.39, 0.29) is 5.91 Å². The van der Waals surface area contributed by atoms with Gasteiger partial charge in [-0.15, -0.1) is 0 Å². The Bertz CT molecular complexity index is 900. The van der Waals surface area contributed by atoms with Crippen LogP contribution in [-0.4, -0.2) is 56.3 Å². The lowest BCUT2D eigenvalue weighted by Crippen LogP contribution is -2.50. The normalized spacial score (nSPS) is 15.4. The largest absolute Gasteiger partial charge is 0.494 e. The highest BCUT2D eigenvalue weighted by molar-refractivity contribution is 7.89. The average molecular weight is 403 g/mol. The molecule has 0 bridgehead atoms. The van der Waals surface area contributed by atoms with Crippen LogP contribution in [0.4, 0.5) is 0 Å². The smallest absolute Gasteiger partial charge is 0.243 e. The van der Waals surface area contributed by atoms with Gasteiger partial charge in [0.05, 0.1) is 17.9 Å². The molecule has 1 heterocycles. The summed E-state index contributed by atoms with van der Waals surface area (Å²) in [7, 11) is -3.52. The van der Waals surface area contributed by atoms with E-state index in [1.54, 1.807) is 29.2 Å². The molecule has 0 N–H and O–H groups in total. The van der Waals surface area contributed by atoms with Gasteiger partial charge in [-0.05, 0) is 43.7 Å². The molecule has 28 heavy (non-hydrogen) atoms. The van der Waals surface area contributed by atoms with Crippen molar-refractivity contribution in [2.24, 2.45) is 0 Å². The lowest BCUT2D eigenvalue weighted by Gasteiger charge is -2.34. The molecule has 1 fully saturated rings. The van der Waals surface area contributed by atoms with Crippen molar-refractivity contribution in [2.45, 2.75) is 25.2 Å². The number of carbonyl (C=O) groups excluding carboxylic acids is 1. The van der Waals surface area contributed by atoms with Crippen molar-refractivity contribution in [3.8, 4) is 5.75 Å². The second-order valence-corrected chi connectivity index (χ2v) is 8.79. The van der Waals surface area contributed by atoms with E-state index in [1.807, 2.05) is 38.1 Å². The average Bonchev–Trinajstić information content (AvgIpc) is 2.70. The van der Waals surface area contributed by atoms with E-state index in [4.69, 9.17) is 4.74 Å². The zero-order chi connectivity index (χ0) is 20.1. The molecule has 0 saturated carbocycles. The number of nitrogens with zero attached hydrogens (tertiary/aromatic N) is 2. The summed E-state index contributed by atoms with van der Waals surface area (Å²) >= 11 is 0. The molecule has 0 atom stereocenters. The van der Waals surface area contributed by atoms with Crippen LogP contribution in [0.2, 0.25) is 0 Å². The number of carbonyl (C=O) groups is 1. The lowest BCUT2D eigenvalue weighted by atomic mass is 10.1.